The number of carbonyl (C=O) groups excluding carboxylic acids is 1. The molecule has 0 unspecified atom stereocenters. The van der Waals surface area contributed by atoms with Crippen LogP contribution in [0.25, 0.3) is 6.08 Å². The van der Waals surface area contributed by atoms with Crippen LogP contribution in [-0.2, 0) is 0 Å². The van der Waals surface area contributed by atoms with Gasteiger partial charge in [-0.1, -0.05) is 34.1 Å². The maximum absolute atomic E-state index is 11.9. The molecule has 4 nitrogen and oxygen atoms in total. The lowest BCUT2D eigenvalue weighted by atomic mass is 10.2. The fraction of sp³-hybridized carbons (Fsp3) is 0.118. The van der Waals surface area contributed by atoms with E-state index in [2.05, 4.69) is 26.6 Å². The number of hydrogen-bond acceptors (Lipinski definition) is 2. The van der Waals surface area contributed by atoms with E-state index in [0.717, 1.165) is 15.6 Å². The van der Waals surface area contributed by atoms with Crippen LogP contribution in [0.4, 0.5) is 10.5 Å². The molecule has 2 amide bonds. The van der Waals surface area contributed by atoms with Crippen molar-refractivity contribution in [1.82, 2.24) is 5.32 Å². The Morgan fingerprint density at radius 2 is 2.05 bits per heavy atom. The molecule has 0 saturated heterocycles. The number of amides is 2. The third kappa shape index (κ3) is 4.63. The van der Waals surface area contributed by atoms with Gasteiger partial charge in [0.25, 0.3) is 0 Å². The molecule has 2 rings (SSSR count). The first-order valence-electron chi connectivity index (χ1n) is 6.73. The van der Waals surface area contributed by atoms with Crippen LogP contribution in [0.5, 0.6) is 5.75 Å². The molecule has 0 aliphatic rings. The van der Waals surface area contributed by atoms with Crippen molar-refractivity contribution in [3.05, 3.63) is 64.3 Å². The molecule has 22 heavy (non-hydrogen) atoms. The SMILES string of the molecule is COc1ccc(C)cc1NC(=O)N/C=C/c1cccc(Br)c1. The predicted molar refractivity (Wildman–Crippen MR) is 93.1 cm³/mol. The standard InChI is InChI=1S/C17H17BrN2O2/c1-12-6-7-16(22-2)15(10-12)20-17(21)19-9-8-13-4-3-5-14(18)11-13/h3-11H,1-2H3,(H2,19,20,21)/b9-8+. The minimum absolute atomic E-state index is 0.324. The maximum Gasteiger partial charge on any atom is 0.323 e. The number of anilines is 1. The molecule has 0 aliphatic heterocycles. The van der Waals surface area contributed by atoms with Crippen LogP contribution >= 0.6 is 15.9 Å². The summed E-state index contributed by atoms with van der Waals surface area (Å²) in [5, 5.41) is 5.43. The first-order chi connectivity index (χ1) is 10.6. The summed E-state index contributed by atoms with van der Waals surface area (Å²) in [5.74, 6) is 0.622. The van der Waals surface area contributed by atoms with E-state index in [0.29, 0.717) is 11.4 Å². The van der Waals surface area contributed by atoms with Crippen molar-refractivity contribution in [1.29, 1.82) is 0 Å². The summed E-state index contributed by atoms with van der Waals surface area (Å²) in [4.78, 5) is 11.9. The van der Waals surface area contributed by atoms with Gasteiger partial charge in [0.2, 0.25) is 0 Å². The second kappa shape index (κ2) is 7.66. The van der Waals surface area contributed by atoms with Gasteiger partial charge in [0.1, 0.15) is 5.75 Å². The molecule has 5 heteroatoms. The van der Waals surface area contributed by atoms with E-state index < -0.39 is 0 Å². The van der Waals surface area contributed by atoms with Gasteiger partial charge in [-0.25, -0.2) is 4.79 Å². The van der Waals surface area contributed by atoms with Gasteiger partial charge in [-0.05, 0) is 48.4 Å². The first kappa shape index (κ1) is 16.1. The van der Waals surface area contributed by atoms with Crippen molar-refractivity contribution in [2.75, 3.05) is 12.4 Å². The molecule has 0 atom stereocenters. The first-order valence-corrected chi connectivity index (χ1v) is 7.52. The van der Waals surface area contributed by atoms with Gasteiger partial charge >= 0.3 is 6.03 Å². The Kier molecular flexibility index (Phi) is 5.61. The van der Waals surface area contributed by atoms with Crippen molar-refractivity contribution in [2.45, 2.75) is 6.92 Å². The van der Waals surface area contributed by atoms with Gasteiger partial charge in [0.15, 0.2) is 0 Å². The molecule has 0 saturated carbocycles. The fourth-order valence-electron chi connectivity index (χ4n) is 1.90. The van der Waals surface area contributed by atoms with Crippen molar-refractivity contribution in [2.24, 2.45) is 0 Å². The highest BCUT2D eigenvalue weighted by atomic mass is 79.9. The Morgan fingerprint density at radius 3 is 2.77 bits per heavy atom. The Bertz CT molecular complexity index is 699. The van der Waals surface area contributed by atoms with Crippen molar-refractivity contribution in [3.8, 4) is 5.75 Å². The molecule has 2 N–H and O–H groups in total. The number of aryl methyl sites for hydroxylation is 1. The molecule has 0 aromatic heterocycles. The molecular weight excluding hydrogens is 344 g/mol. The summed E-state index contributed by atoms with van der Waals surface area (Å²) in [6.45, 7) is 1.95. The minimum Gasteiger partial charge on any atom is -0.495 e. The van der Waals surface area contributed by atoms with Gasteiger partial charge in [0.05, 0.1) is 12.8 Å². The highest BCUT2D eigenvalue weighted by molar-refractivity contribution is 9.10. The van der Waals surface area contributed by atoms with E-state index >= 15 is 0 Å². The largest absolute Gasteiger partial charge is 0.495 e. The van der Waals surface area contributed by atoms with E-state index in [9.17, 15) is 4.79 Å². The second-order valence-corrected chi connectivity index (χ2v) is 5.61. The lowest BCUT2D eigenvalue weighted by Crippen LogP contribution is -2.24. The lowest BCUT2D eigenvalue weighted by molar-refractivity contribution is 0.255. The molecule has 0 radical (unpaired) electrons. The Morgan fingerprint density at radius 1 is 1.23 bits per heavy atom. The zero-order chi connectivity index (χ0) is 15.9. The summed E-state index contributed by atoms with van der Waals surface area (Å²) in [5.41, 5.74) is 2.67. The number of carbonyl (C=O) groups is 1. The summed E-state index contributed by atoms with van der Waals surface area (Å²) in [6.07, 6.45) is 3.41. The van der Waals surface area contributed by atoms with Gasteiger partial charge in [-0.15, -0.1) is 0 Å². The Labute approximate surface area is 138 Å². The van der Waals surface area contributed by atoms with Gasteiger partial charge < -0.3 is 15.4 Å². The molecule has 0 heterocycles. The predicted octanol–water partition coefficient (Wildman–Crippen LogP) is 4.56. The summed E-state index contributed by atoms with van der Waals surface area (Å²) in [7, 11) is 1.57. The van der Waals surface area contributed by atoms with Crippen LogP contribution in [-0.4, -0.2) is 13.1 Å². The number of halogens is 1. The quantitative estimate of drug-likeness (QED) is 0.839. The number of hydrogen-bond donors (Lipinski definition) is 2. The zero-order valence-corrected chi connectivity index (χ0v) is 14.0. The highest BCUT2D eigenvalue weighted by Gasteiger charge is 2.06. The molecule has 0 fully saturated rings. The molecule has 0 spiro atoms. The van der Waals surface area contributed by atoms with Crippen LogP contribution in [0, 0.1) is 6.92 Å². The highest BCUT2D eigenvalue weighted by Crippen LogP contribution is 2.24. The molecular formula is C17H17BrN2O2. The van der Waals surface area contributed by atoms with Crippen LogP contribution in [0.15, 0.2) is 53.1 Å². The third-order valence-electron chi connectivity index (χ3n) is 2.94. The third-order valence-corrected chi connectivity index (χ3v) is 3.44. The van der Waals surface area contributed by atoms with Crippen LogP contribution < -0.4 is 15.4 Å². The molecule has 0 bridgehead atoms. The summed E-state index contributed by atoms with van der Waals surface area (Å²) < 4.78 is 6.21. The minimum atomic E-state index is -0.324. The second-order valence-electron chi connectivity index (χ2n) is 4.69. The van der Waals surface area contributed by atoms with Crippen molar-refractivity contribution in [3.63, 3.8) is 0 Å². The lowest BCUT2D eigenvalue weighted by Gasteiger charge is -2.10. The van der Waals surface area contributed by atoms with Crippen LogP contribution in [0.2, 0.25) is 0 Å². The summed E-state index contributed by atoms with van der Waals surface area (Å²) >= 11 is 3.40. The van der Waals surface area contributed by atoms with Gasteiger partial charge in [-0.3, -0.25) is 0 Å². The topological polar surface area (TPSA) is 50.4 Å². The van der Waals surface area contributed by atoms with E-state index in [-0.39, 0.29) is 6.03 Å². The Balaban J connectivity index is 1.97. The maximum atomic E-state index is 11.9. The number of methoxy groups -OCH3 is 1. The molecule has 0 aliphatic carbocycles. The van der Waals surface area contributed by atoms with E-state index in [4.69, 9.17) is 4.74 Å². The molecule has 114 valence electrons. The zero-order valence-electron chi connectivity index (χ0n) is 12.4. The number of rotatable bonds is 4. The van der Waals surface area contributed by atoms with Crippen LogP contribution in [0.1, 0.15) is 11.1 Å². The number of urea groups is 1. The van der Waals surface area contributed by atoms with E-state index in [1.807, 2.05) is 55.5 Å². The molecule has 2 aromatic carbocycles. The summed E-state index contributed by atoms with van der Waals surface area (Å²) in [6, 6.07) is 13.1. The number of ether oxygens (including phenoxy) is 1. The fourth-order valence-corrected chi connectivity index (χ4v) is 2.32. The van der Waals surface area contributed by atoms with Gasteiger partial charge in [0, 0.05) is 10.7 Å². The average molecular weight is 361 g/mol. The van der Waals surface area contributed by atoms with E-state index in [1.165, 1.54) is 0 Å². The number of nitrogens with one attached hydrogen (secondary N) is 2. The molecule has 2 aromatic rings. The number of benzene rings is 2. The monoisotopic (exact) mass is 360 g/mol. The van der Waals surface area contributed by atoms with E-state index in [1.54, 1.807) is 13.3 Å². The normalized spacial score (nSPS) is 10.5. The van der Waals surface area contributed by atoms with Crippen molar-refractivity contribution < 1.29 is 9.53 Å². The smallest absolute Gasteiger partial charge is 0.323 e. The van der Waals surface area contributed by atoms with Crippen molar-refractivity contribution >= 4 is 33.7 Å². The van der Waals surface area contributed by atoms with Gasteiger partial charge in [-0.2, -0.15) is 0 Å². The van der Waals surface area contributed by atoms with Crippen LogP contribution in [0.3, 0.4) is 0 Å². The average Bonchev–Trinajstić information content (AvgIpc) is 2.47. The Hall–Kier alpha value is -2.27.